The monoisotopic (exact) mass is 201 g/mol. The van der Waals surface area contributed by atoms with E-state index >= 15 is 0 Å². The Hall–Kier alpha value is -0.490. The molecule has 0 amide bonds. The Balaban J connectivity index is 2.46. The van der Waals surface area contributed by atoms with E-state index in [1.165, 1.54) is 6.21 Å². The number of nitrogens with two attached hydrogens (primary N) is 1. The molecule has 82 valence electrons. The molecule has 1 heterocycles. The topological polar surface area (TPSA) is 82.1 Å². The van der Waals surface area contributed by atoms with E-state index in [-0.39, 0.29) is 6.54 Å². The number of aliphatic hydroxyl groups is 2. The Bertz CT molecular complexity index is 200. The van der Waals surface area contributed by atoms with E-state index in [2.05, 4.69) is 9.89 Å². The molecule has 0 saturated carbocycles. The average Bonchev–Trinajstić information content (AvgIpc) is 2.20. The maximum absolute atomic E-state index is 10.0. The third kappa shape index (κ3) is 3.34. The predicted molar refractivity (Wildman–Crippen MR) is 55.2 cm³/mol. The lowest BCUT2D eigenvalue weighted by Crippen LogP contribution is -2.44. The molecule has 14 heavy (non-hydrogen) atoms. The van der Waals surface area contributed by atoms with Gasteiger partial charge in [-0.2, -0.15) is 0 Å². The molecule has 1 saturated heterocycles. The van der Waals surface area contributed by atoms with Crippen LogP contribution in [0, 0.1) is 0 Å². The molecule has 1 aliphatic heterocycles. The molecular weight excluding hydrogens is 182 g/mol. The van der Waals surface area contributed by atoms with E-state index in [1.807, 2.05) is 7.05 Å². The van der Waals surface area contributed by atoms with Gasteiger partial charge in [0.2, 0.25) is 0 Å². The third-order valence-electron chi connectivity index (χ3n) is 2.55. The first-order valence-corrected chi connectivity index (χ1v) is 4.89. The van der Waals surface area contributed by atoms with Gasteiger partial charge < -0.3 is 20.8 Å². The van der Waals surface area contributed by atoms with Crippen LogP contribution in [0.2, 0.25) is 0 Å². The number of piperidine rings is 1. The van der Waals surface area contributed by atoms with Crippen LogP contribution in [0.1, 0.15) is 12.8 Å². The summed E-state index contributed by atoms with van der Waals surface area (Å²) in [7, 11) is 2.02. The van der Waals surface area contributed by atoms with Crippen LogP contribution in [0.3, 0.4) is 0 Å². The summed E-state index contributed by atoms with van der Waals surface area (Å²) in [4.78, 5) is 5.95. The number of likely N-dealkylation sites (tertiary alicyclic amines) is 1. The molecule has 0 aromatic heterocycles. The Labute approximate surface area is 84.2 Å². The molecule has 0 spiro atoms. The highest BCUT2D eigenvalue weighted by molar-refractivity contribution is 5.68. The second-order valence-corrected chi connectivity index (χ2v) is 3.90. The van der Waals surface area contributed by atoms with Crippen LogP contribution >= 0.6 is 0 Å². The summed E-state index contributed by atoms with van der Waals surface area (Å²) in [6.07, 6.45) is 1.87. The number of aliphatic hydroxyl groups excluding tert-OH is 1. The molecule has 0 aromatic rings. The van der Waals surface area contributed by atoms with Gasteiger partial charge in [0.1, 0.15) is 5.60 Å². The van der Waals surface area contributed by atoms with Gasteiger partial charge in [0.15, 0.2) is 6.23 Å². The van der Waals surface area contributed by atoms with Crippen molar-refractivity contribution in [3.8, 4) is 0 Å². The van der Waals surface area contributed by atoms with Crippen molar-refractivity contribution in [3.63, 3.8) is 0 Å². The molecule has 5 heteroatoms. The van der Waals surface area contributed by atoms with Gasteiger partial charge in [-0.05, 0) is 19.9 Å². The van der Waals surface area contributed by atoms with Gasteiger partial charge in [0.25, 0.3) is 0 Å². The van der Waals surface area contributed by atoms with Crippen LogP contribution in [0.15, 0.2) is 4.99 Å². The summed E-state index contributed by atoms with van der Waals surface area (Å²) in [5.74, 6) is 0. The van der Waals surface area contributed by atoms with E-state index in [1.54, 1.807) is 0 Å². The molecule has 0 radical (unpaired) electrons. The summed E-state index contributed by atoms with van der Waals surface area (Å²) in [6, 6.07) is 0. The van der Waals surface area contributed by atoms with Crippen LogP contribution in [0.5, 0.6) is 0 Å². The molecule has 1 aliphatic rings. The third-order valence-corrected chi connectivity index (χ3v) is 2.55. The van der Waals surface area contributed by atoms with Gasteiger partial charge >= 0.3 is 0 Å². The first-order valence-electron chi connectivity index (χ1n) is 4.89. The van der Waals surface area contributed by atoms with Crippen molar-refractivity contribution in [1.29, 1.82) is 0 Å². The summed E-state index contributed by atoms with van der Waals surface area (Å²) >= 11 is 0. The molecule has 0 aliphatic carbocycles. The molecule has 1 unspecified atom stereocenters. The highest BCUT2D eigenvalue weighted by Gasteiger charge is 2.29. The molecule has 1 rings (SSSR count). The lowest BCUT2D eigenvalue weighted by molar-refractivity contribution is 0.0464. The normalized spacial score (nSPS) is 25.4. The summed E-state index contributed by atoms with van der Waals surface area (Å²) in [5.41, 5.74) is 4.34. The fourth-order valence-corrected chi connectivity index (χ4v) is 1.42. The van der Waals surface area contributed by atoms with Crippen LogP contribution < -0.4 is 5.73 Å². The highest BCUT2D eigenvalue weighted by Crippen LogP contribution is 2.19. The molecule has 4 N–H and O–H groups in total. The minimum atomic E-state index is -0.890. The van der Waals surface area contributed by atoms with Crippen molar-refractivity contribution in [3.05, 3.63) is 0 Å². The SMILES string of the molecule is CN1CCC(O)(C=NC(O)CN)CC1. The zero-order valence-corrected chi connectivity index (χ0v) is 8.56. The second kappa shape index (κ2) is 4.84. The van der Waals surface area contributed by atoms with Crippen LogP contribution in [0.4, 0.5) is 0 Å². The smallest absolute Gasteiger partial charge is 0.157 e. The Kier molecular flexibility index (Phi) is 4.00. The zero-order valence-electron chi connectivity index (χ0n) is 8.56. The zero-order chi connectivity index (χ0) is 10.6. The number of rotatable bonds is 3. The maximum Gasteiger partial charge on any atom is 0.157 e. The van der Waals surface area contributed by atoms with Crippen molar-refractivity contribution in [2.75, 3.05) is 26.7 Å². The van der Waals surface area contributed by atoms with E-state index in [4.69, 9.17) is 10.8 Å². The van der Waals surface area contributed by atoms with E-state index in [0.29, 0.717) is 12.8 Å². The molecular formula is C9H19N3O2. The standard InChI is InChI=1S/C9H19N3O2/c1-12-4-2-9(14,3-5-12)7-11-8(13)6-10/h7-8,13-14H,2-6,10H2,1H3. The number of hydrogen-bond acceptors (Lipinski definition) is 5. The first-order chi connectivity index (χ1) is 6.56. The Morgan fingerprint density at radius 2 is 2.14 bits per heavy atom. The van der Waals surface area contributed by atoms with Crippen molar-refractivity contribution in [2.45, 2.75) is 24.7 Å². The van der Waals surface area contributed by atoms with Crippen molar-refractivity contribution in [1.82, 2.24) is 4.90 Å². The van der Waals surface area contributed by atoms with Gasteiger partial charge in [0.05, 0.1) is 0 Å². The van der Waals surface area contributed by atoms with Crippen molar-refractivity contribution < 1.29 is 10.2 Å². The molecule has 0 aromatic carbocycles. The lowest BCUT2D eigenvalue weighted by atomic mass is 9.93. The maximum atomic E-state index is 10.0. The minimum absolute atomic E-state index is 0.0898. The second-order valence-electron chi connectivity index (χ2n) is 3.90. The van der Waals surface area contributed by atoms with Gasteiger partial charge in [-0.3, -0.25) is 4.99 Å². The molecule has 1 fully saturated rings. The minimum Gasteiger partial charge on any atom is -0.384 e. The quantitative estimate of drug-likeness (QED) is 0.500. The molecule has 0 bridgehead atoms. The number of nitrogens with zero attached hydrogens (tertiary/aromatic N) is 2. The summed E-state index contributed by atoms with van der Waals surface area (Å²) in [6.45, 7) is 1.79. The fraction of sp³-hybridized carbons (Fsp3) is 0.889. The van der Waals surface area contributed by atoms with Gasteiger partial charge in [-0.1, -0.05) is 0 Å². The number of aliphatic imine (C=N–C) groups is 1. The van der Waals surface area contributed by atoms with E-state index in [9.17, 15) is 5.11 Å². The predicted octanol–water partition coefficient (Wildman–Crippen LogP) is -1.21. The van der Waals surface area contributed by atoms with Crippen LogP contribution in [-0.4, -0.2) is 59.8 Å². The van der Waals surface area contributed by atoms with E-state index < -0.39 is 11.8 Å². The number of hydrogen-bond donors (Lipinski definition) is 3. The highest BCUT2D eigenvalue weighted by atomic mass is 16.3. The Morgan fingerprint density at radius 1 is 1.57 bits per heavy atom. The summed E-state index contributed by atoms with van der Waals surface area (Å²) in [5, 5.41) is 19.1. The van der Waals surface area contributed by atoms with Gasteiger partial charge in [-0.15, -0.1) is 0 Å². The van der Waals surface area contributed by atoms with Gasteiger partial charge in [0, 0.05) is 25.8 Å². The molecule has 5 nitrogen and oxygen atoms in total. The molecule has 1 atom stereocenters. The average molecular weight is 201 g/mol. The fourth-order valence-electron chi connectivity index (χ4n) is 1.42. The lowest BCUT2D eigenvalue weighted by Gasteiger charge is -2.33. The Morgan fingerprint density at radius 3 is 2.64 bits per heavy atom. The van der Waals surface area contributed by atoms with Gasteiger partial charge in [-0.25, -0.2) is 0 Å². The largest absolute Gasteiger partial charge is 0.384 e. The van der Waals surface area contributed by atoms with Crippen LogP contribution in [0.25, 0.3) is 0 Å². The van der Waals surface area contributed by atoms with Crippen LogP contribution in [-0.2, 0) is 0 Å². The summed E-state index contributed by atoms with van der Waals surface area (Å²) < 4.78 is 0. The van der Waals surface area contributed by atoms with Crippen molar-refractivity contribution >= 4 is 6.21 Å². The van der Waals surface area contributed by atoms with E-state index in [0.717, 1.165) is 13.1 Å². The van der Waals surface area contributed by atoms with Crippen molar-refractivity contribution in [2.24, 2.45) is 10.7 Å². The first kappa shape index (κ1) is 11.6.